The van der Waals surface area contributed by atoms with Gasteiger partial charge in [0.15, 0.2) is 18.7 Å². The fourth-order valence-corrected chi connectivity index (χ4v) is 3.23. The van der Waals surface area contributed by atoms with Crippen LogP contribution in [0.15, 0.2) is 30.3 Å². The third-order valence-electron chi connectivity index (χ3n) is 5.04. The van der Waals surface area contributed by atoms with Crippen LogP contribution < -0.4 is 0 Å². The van der Waals surface area contributed by atoms with E-state index in [9.17, 15) is 35.9 Å². The zero-order chi connectivity index (χ0) is 21.8. The third-order valence-corrected chi connectivity index (χ3v) is 5.04. The molecule has 11 nitrogen and oxygen atoms in total. The molecule has 1 aromatic carbocycles. The molecule has 2 heterocycles. The molecule has 0 aromatic heterocycles. The van der Waals surface area contributed by atoms with Crippen LogP contribution in [0.5, 0.6) is 0 Å². The van der Waals surface area contributed by atoms with Gasteiger partial charge in [-0.2, -0.15) is 5.26 Å². The molecule has 0 spiro atoms. The summed E-state index contributed by atoms with van der Waals surface area (Å²) in [6.45, 7) is -0.678. The number of benzene rings is 1. The van der Waals surface area contributed by atoms with Crippen molar-refractivity contribution in [1.82, 2.24) is 0 Å². The molecule has 0 saturated carbocycles. The molecule has 0 bridgehead atoms. The molecule has 11 heteroatoms. The first-order valence-electron chi connectivity index (χ1n) is 9.40. The molecule has 166 valence electrons. The van der Waals surface area contributed by atoms with Gasteiger partial charge in [-0.25, -0.2) is 0 Å². The van der Waals surface area contributed by atoms with Gasteiger partial charge >= 0.3 is 0 Å². The van der Waals surface area contributed by atoms with E-state index in [4.69, 9.17) is 18.9 Å². The van der Waals surface area contributed by atoms with Gasteiger partial charge in [-0.1, -0.05) is 30.3 Å². The molecule has 10 atom stereocenters. The Kier molecular flexibility index (Phi) is 7.72. The Morgan fingerprint density at radius 1 is 0.933 bits per heavy atom. The predicted molar refractivity (Wildman–Crippen MR) is 96.3 cm³/mol. The van der Waals surface area contributed by atoms with E-state index >= 15 is 0 Å². The number of hydrogen-bond donors (Lipinski definition) is 6. The molecule has 2 aliphatic rings. The molecule has 1 unspecified atom stereocenters. The van der Waals surface area contributed by atoms with Crippen molar-refractivity contribution >= 4 is 0 Å². The van der Waals surface area contributed by atoms with Gasteiger partial charge in [0, 0.05) is 0 Å². The van der Waals surface area contributed by atoms with Crippen LogP contribution in [0.3, 0.4) is 0 Å². The molecule has 3 rings (SSSR count). The summed E-state index contributed by atoms with van der Waals surface area (Å²) >= 11 is 0. The van der Waals surface area contributed by atoms with Gasteiger partial charge in [0.25, 0.3) is 0 Å². The van der Waals surface area contributed by atoms with E-state index in [0.29, 0.717) is 5.56 Å². The molecule has 1 aromatic rings. The maximum absolute atomic E-state index is 10.2. The van der Waals surface area contributed by atoms with E-state index in [1.54, 1.807) is 30.3 Å². The van der Waals surface area contributed by atoms with Gasteiger partial charge in [-0.15, -0.1) is 0 Å². The van der Waals surface area contributed by atoms with Gasteiger partial charge in [0.1, 0.15) is 42.7 Å². The van der Waals surface area contributed by atoms with E-state index < -0.39 is 68.0 Å². The summed E-state index contributed by atoms with van der Waals surface area (Å²) in [7, 11) is 0. The van der Waals surface area contributed by atoms with E-state index in [-0.39, 0.29) is 6.61 Å². The van der Waals surface area contributed by atoms with Crippen molar-refractivity contribution in [3.8, 4) is 6.07 Å². The van der Waals surface area contributed by atoms with Crippen molar-refractivity contribution in [3.63, 3.8) is 0 Å². The van der Waals surface area contributed by atoms with Crippen LogP contribution in [0.4, 0.5) is 0 Å². The van der Waals surface area contributed by atoms with Crippen molar-refractivity contribution in [1.29, 1.82) is 5.26 Å². The Bertz CT molecular complexity index is 715. The van der Waals surface area contributed by atoms with Crippen molar-refractivity contribution in [2.24, 2.45) is 0 Å². The second-order valence-corrected chi connectivity index (χ2v) is 7.15. The Hall–Kier alpha value is -1.69. The number of nitriles is 1. The lowest BCUT2D eigenvalue weighted by atomic mass is 9.99. The summed E-state index contributed by atoms with van der Waals surface area (Å²) in [5.74, 6) is 0. The Morgan fingerprint density at radius 3 is 2.27 bits per heavy atom. The predicted octanol–water partition coefficient (Wildman–Crippen LogP) is -2.47. The van der Waals surface area contributed by atoms with Crippen molar-refractivity contribution in [2.75, 3.05) is 13.2 Å². The Labute approximate surface area is 172 Å². The van der Waals surface area contributed by atoms with E-state index in [1.165, 1.54) is 0 Å². The number of aliphatic hydroxyl groups is 6. The van der Waals surface area contributed by atoms with E-state index in [1.807, 2.05) is 6.07 Å². The van der Waals surface area contributed by atoms with Crippen molar-refractivity contribution < 1.29 is 49.6 Å². The lowest BCUT2D eigenvalue weighted by molar-refractivity contribution is -0.325. The number of hydrogen-bond acceptors (Lipinski definition) is 11. The average molecular weight is 427 g/mol. The molecule has 0 amide bonds. The lowest BCUT2D eigenvalue weighted by Crippen LogP contribution is -2.60. The largest absolute Gasteiger partial charge is 0.388 e. The molecule has 30 heavy (non-hydrogen) atoms. The van der Waals surface area contributed by atoms with Gasteiger partial charge in [-0.05, 0) is 5.56 Å². The summed E-state index contributed by atoms with van der Waals surface area (Å²) in [5, 5.41) is 69.0. The Morgan fingerprint density at radius 2 is 1.60 bits per heavy atom. The zero-order valence-electron chi connectivity index (χ0n) is 15.8. The number of aliphatic hydroxyl groups excluding tert-OH is 6. The van der Waals surface area contributed by atoms with Crippen LogP contribution in [0.25, 0.3) is 0 Å². The number of nitrogens with zero attached hydrogens (tertiary/aromatic N) is 1. The second-order valence-electron chi connectivity index (χ2n) is 7.15. The topological polar surface area (TPSA) is 182 Å². The van der Waals surface area contributed by atoms with Gasteiger partial charge < -0.3 is 49.6 Å². The number of ether oxygens (including phenoxy) is 4. The number of rotatable bonds is 6. The molecule has 2 aliphatic heterocycles. The summed E-state index contributed by atoms with van der Waals surface area (Å²) in [4.78, 5) is 0. The second kappa shape index (κ2) is 10.1. The first-order valence-corrected chi connectivity index (χ1v) is 9.40. The van der Waals surface area contributed by atoms with Gasteiger partial charge in [0.2, 0.25) is 0 Å². The molecular formula is C19H25NO10. The summed E-state index contributed by atoms with van der Waals surface area (Å²) < 4.78 is 21.5. The van der Waals surface area contributed by atoms with Gasteiger partial charge in [0.05, 0.1) is 19.3 Å². The minimum Gasteiger partial charge on any atom is -0.388 e. The minimum absolute atomic E-state index is 0.273. The highest BCUT2D eigenvalue weighted by Crippen LogP contribution is 2.28. The normalized spacial score (nSPS) is 40.5. The molecular weight excluding hydrogens is 402 g/mol. The summed E-state index contributed by atoms with van der Waals surface area (Å²) in [6, 6.07) is 10.4. The Balaban J connectivity index is 1.63. The highest BCUT2D eigenvalue weighted by Gasteiger charge is 2.46. The van der Waals surface area contributed by atoms with Crippen molar-refractivity contribution in [3.05, 3.63) is 35.9 Å². The fraction of sp³-hybridized carbons (Fsp3) is 0.632. The first kappa shape index (κ1) is 23.0. The molecule has 2 fully saturated rings. The lowest BCUT2D eigenvalue weighted by Gasteiger charge is -2.41. The minimum atomic E-state index is -1.66. The molecule has 0 radical (unpaired) electrons. The highest BCUT2D eigenvalue weighted by atomic mass is 16.7. The smallest absolute Gasteiger partial charge is 0.188 e. The first-order chi connectivity index (χ1) is 14.3. The van der Waals surface area contributed by atoms with Gasteiger partial charge in [-0.3, -0.25) is 0 Å². The third kappa shape index (κ3) is 4.96. The van der Waals surface area contributed by atoms with Crippen LogP contribution in [0, 0.1) is 11.3 Å². The monoisotopic (exact) mass is 427 g/mol. The average Bonchev–Trinajstić information content (AvgIpc) is 2.76. The zero-order valence-corrected chi connectivity index (χ0v) is 15.8. The molecule has 2 saturated heterocycles. The van der Waals surface area contributed by atoms with Crippen LogP contribution in [0.2, 0.25) is 0 Å². The van der Waals surface area contributed by atoms with Crippen LogP contribution in [0.1, 0.15) is 11.7 Å². The van der Waals surface area contributed by atoms with Crippen molar-refractivity contribution in [2.45, 2.75) is 61.4 Å². The van der Waals surface area contributed by atoms with Crippen LogP contribution in [-0.2, 0) is 18.9 Å². The maximum Gasteiger partial charge on any atom is 0.188 e. The molecule has 6 N–H and O–H groups in total. The van der Waals surface area contributed by atoms with E-state index in [0.717, 1.165) is 0 Å². The summed E-state index contributed by atoms with van der Waals surface area (Å²) in [6.07, 6.45) is -14.2. The fourth-order valence-electron chi connectivity index (χ4n) is 3.23. The summed E-state index contributed by atoms with van der Waals surface area (Å²) in [5.41, 5.74) is 0.510. The quantitative estimate of drug-likeness (QED) is 0.283. The van der Waals surface area contributed by atoms with E-state index in [2.05, 4.69) is 0 Å². The molecule has 0 aliphatic carbocycles. The van der Waals surface area contributed by atoms with Crippen LogP contribution >= 0.6 is 0 Å². The maximum atomic E-state index is 10.2. The SMILES string of the molecule is N#CC(O[C@@H]1O[C@H](CO[C@@H]2OC[C@H](O)[C@H](O)[C@H]2O)[C@@H](O)[C@H](O)[C@H]1O)c1ccccc1. The van der Waals surface area contributed by atoms with Crippen LogP contribution in [-0.4, -0.2) is 99.2 Å². The highest BCUT2D eigenvalue weighted by molar-refractivity contribution is 5.22. The standard InChI is InChI=1S/C19H25NO10/c20-6-11(9-4-2-1-3-5-9)29-19-17(26)15(24)14(23)12(30-19)8-28-18-16(25)13(22)10(21)7-27-18/h1-5,10-19,21-26H,7-8H2/t10-,11?,12+,13-,14+,15-,16+,17+,18-,19+/m0/s1.